The Morgan fingerprint density at radius 2 is 1.82 bits per heavy atom. The van der Waals surface area contributed by atoms with Crippen molar-refractivity contribution in [2.24, 2.45) is 11.7 Å². The average Bonchev–Trinajstić information content (AvgIpc) is 3.16. The number of thiophene rings is 1. The van der Waals surface area contributed by atoms with Crippen LogP contribution in [0.4, 0.5) is 5.00 Å². The smallest absolute Gasteiger partial charge is 0.251 e. The van der Waals surface area contributed by atoms with E-state index in [1.807, 2.05) is 0 Å². The first-order chi connectivity index (χ1) is 13.3. The van der Waals surface area contributed by atoms with Crippen molar-refractivity contribution in [2.75, 3.05) is 25.5 Å². The lowest BCUT2D eigenvalue weighted by atomic mass is 9.97. The molecule has 1 aliphatic heterocycles. The van der Waals surface area contributed by atoms with Gasteiger partial charge in [-0.1, -0.05) is 0 Å². The van der Waals surface area contributed by atoms with Gasteiger partial charge in [-0.05, 0) is 48.6 Å². The lowest BCUT2D eigenvalue weighted by Gasteiger charge is -2.30. The van der Waals surface area contributed by atoms with Crippen molar-refractivity contribution < 1.29 is 22.7 Å². The van der Waals surface area contributed by atoms with E-state index in [2.05, 4.69) is 5.32 Å². The van der Waals surface area contributed by atoms with Crippen LogP contribution in [0.15, 0.2) is 40.6 Å². The van der Waals surface area contributed by atoms with E-state index < -0.39 is 15.9 Å². The van der Waals surface area contributed by atoms with E-state index in [0.717, 1.165) is 0 Å². The minimum Gasteiger partial charge on any atom is -0.497 e. The van der Waals surface area contributed by atoms with Gasteiger partial charge in [-0.3, -0.25) is 9.59 Å². The largest absolute Gasteiger partial charge is 0.497 e. The first-order valence-corrected chi connectivity index (χ1v) is 11.0. The van der Waals surface area contributed by atoms with Crippen molar-refractivity contribution in [1.82, 2.24) is 4.31 Å². The monoisotopic (exact) mass is 423 g/mol. The number of piperidine rings is 1. The number of amides is 2. The van der Waals surface area contributed by atoms with Gasteiger partial charge in [-0.2, -0.15) is 4.31 Å². The number of nitrogens with two attached hydrogens (primary N) is 1. The van der Waals surface area contributed by atoms with E-state index in [0.29, 0.717) is 23.6 Å². The van der Waals surface area contributed by atoms with E-state index in [1.54, 1.807) is 23.6 Å². The Bertz CT molecular complexity index is 961. The maximum atomic E-state index is 12.8. The Hall–Kier alpha value is -2.43. The molecule has 3 rings (SSSR count). The highest BCUT2D eigenvalue weighted by atomic mass is 32.2. The van der Waals surface area contributed by atoms with Crippen LogP contribution in [0.2, 0.25) is 0 Å². The van der Waals surface area contributed by atoms with E-state index in [-0.39, 0.29) is 35.4 Å². The fourth-order valence-corrected chi connectivity index (χ4v) is 5.33. The molecule has 1 aliphatic rings. The zero-order valence-electron chi connectivity index (χ0n) is 15.3. The van der Waals surface area contributed by atoms with Crippen molar-refractivity contribution in [3.8, 4) is 5.75 Å². The Labute approximate surface area is 167 Å². The van der Waals surface area contributed by atoms with E-state index in [9.17, 15) is 18.0 Å². The first-order valence-electron chi connectivity index (χ1n) is 8.65. The quantitative estimate of drug-likeness (QED) is 0.735. The number of primary amides is 1. The number of hydrogen-bond acceptors (Lipinski definition) is 6. The number of nitrogens with zero attached hydrogens (tertiary/aromatic N) is 1. The Balaban J connectivity index is 1.62. The summed E-state index contributed by atoms with van der Waals surface area (Å²) in [5, 5.41) is 4.84. The number of anilines is 1. The molecule has 2 aromatic rings. The van der Waals surface area contributed by atoms with Crippen LogP contribution in [-0.2, 0) is 14.8 Å². The number of benzene rings is 1. The zero-order chi connectivity index (χ0) is 20.3. The summed E-state index contributed by atoms with van der Waals surface area (Å²) in [6, 6.07) is 7.78. The molecule has 1 fully saturated rings. The van der Waals surface area contributed by atoms with Gasteiger partial charge in [0, 0.05) is 19.0 Å². The van der Waals surface area contributed by atoms with Crippen molar-refractivity contribution >= 4 is 38.2 Å². The van der Waals surface area contributed by atoms with Crippen LogP contribution in [0.5, 0.6) is 5.75 Å². The lowest BCUT2D eigenvalue weighted by molar-refractivity contribution is -0.120. The Kier molecular flexibility index (Phi) is 6.01. The molecular formula is C18H21N3O5S2. The fourth-order valence-electron chi connectivity index (χ4n) is 3.07. The fraction of sp³-hybridized carbons (Fsp3) is 0.333. The van der Waals surface area contributed by atoms with Gasteiger partial charge in [0.2, 0.25) is 15.9 Å². The number of hydrogen-bond donors (Lipinski definition) is 2. The number of carbonyl (C=O) groups is 2. The average molecular weight is 424 g/mol. The standard InChI is InChI=1S/C18H21N3O5S2/c1-26-13-2-4-14(5-3-13)28(24,25)21-9-6-12(7-10-21)17(23)20-18-15(16(19)22)8-11-27-18/h2-5,8,11-12H,6-7,9-10H2,1H3,(H2,19,22)(H,20,23). The molecule has 0 radical (unpaired) electrons. The summed E-state index contributed by atoms with van der Waals surface area (Å²) >= 11 is 1.23. The number of rotatable bonds is 6. The predicted octanol–water partition coefficient (Wildman–Crippen LogP) is 1.89. The topological polar surface area (TPSA) is 119 Å². The minimum atomic E-state index is -3.62. The molecule has 0 saturated carbocycles. The van der Waals surface area contributed by atoms with Crippen LogP contribution in [-0.4, -0.2) is 44.7 Å². The van der Waals surface area contributed by atoms with Gasteiger partial charge in [0.05, 0.1) is 17.6 Å². The third-order valence-corrected chi connectivity index (χ3v) is 7.43. The number of nitrogens with one attached hydrogen (secondary N) is 1. The molecular weight excluding hydrogens is 402 g/mol. The normalized spacial score (nSPS) is 15.9. The molecule has 0 unspecified atom stereocenters. The molecule has 2 amide bonds. The summed E-state index contributed by atoms with van der Waals surface area (Å²) in [6.07, 6.45) is 0.803. The van der Waals surface area contributed by atoms with Crippen LogP contribution in [0.1, 0.15) is 23.2 Å². The van der Waals surface area contributed by atoms with E-state index >= 15 is 0 Å². The highest BCUT2D eigenvalue weighted by Gasteiger charge is 2.32. The molecule has 1 aromatic heterocycles. The maximum Gasteiger partial charge on any atom is 0.251 e. The first kappa shape index (κ1) is 20.3. The zero-order valence-corrected chi connectivity index (χ0v) is 16.9. The SMILES string of the molecule is COc1ccc(S(=O)(=O)N2CCC(C(=O)Nc3sccc3C(N)=O)CC2)cc1. The summed E-state index contributed by atoms with van der Waals surface area (Å²) in [7, 11) is -2.10. The maximum absolute atomic E-state index is 12.8. The second-order valence-corrected chi connectivity index (χ2v) is 9.22. The Morgan fingerprint density at radius 3 is 2.39 bits per heavy atom. The molecule has 1 aromatic carbocycles. The van der Waals surface area contributed by atoms with Crippen LogP contribution in [0, 0.1) is 5.92 Å². The van der Waals surface area contributed by atoms with Crippen LogP contribution in [0.3, 0.4) is 0 Å². The molecule has 0 atom stereocenters. The van der Waals surface area contributed by atoms with Crippen molar-refractivity contribution in [3.05, 3.63) is 41.3 Å². The molecule has 1 saturated heterocycles. The number of sulfonamides is 1. The number of carbonyl (C=O) groups excluding carboxylic acids is 2. The summed E-state index contributed by atoms with van der Waals surface area (Å²) in [5.41, 5.74) is 5.56. The molecule has 0 bridgehead atoms. The van der Waals surface area contributed by atoms with Crippen LogP contribution < -0.4 is 15.8 Å². The van der Waals surface area contributed by atoms with E-state index in [1.165, 1.54) is 34.9 Å². The molecule has 10 heteroatoms. The number of ether oxygens (including phenoxy) is 1. The summed E-state index contributed by atoms with van der Waals surface area (Å²) < 4.78 is 32.0. The molecule has 0 aliphatic carbocycles. The number of methoxy groups -OCH3 is 1. The van der Waals surface area contributed by atoms with Crippen LogP contribution >= 0.6 is 11.3 Å². The van der Waals surface area contributed by atoms with Gasteiger partial charge < -0.3 is 15.8 Å². The summed E-state index contributed by atoms with van der Waals surface area (Å²) in [4.78, 5) is 24.1. The highest BCUT2D eigenvalue weighted by molar-refractivity contribution is 7.89. The van der Waals surface area contributed by atoms with Gasteiger partial charge in [0.15, 0.2) is 0 Å². The molecule has 0 spiro atoms. The van der Waals surface area contributed by atoms with Crippen molar-refractivity contribution in [1.29, 1.82) is 0 Å². The van der Waals surface area contributed by atoms with Gasteiger partial charge in [-0.25, -0.2) is 8.42 Å². The molecule has 8 nitrogen and oxygen atoms in total. The molecule has 2 heterocycles. The third-order valence-electron chi connectivity index (χ3n) is 4.69. The van der Waals surface area contributed by atoms with E-state index in [4.69, 9.17) is 10.5 Å². The molecule has 150 valence electrons. The van der Waals surface area contributed by atoms with Gasteiger partial charge >= 0.3 is 0 Å². The lowest BCUT2D eigenvalue weighted by Crippen LogP contribution is -2.41. The summed E-state index contributed by atoms with van der Waals surface area (Å²) in [6.45, 7) is 0.499. The van der Waals surface area contributed by atoms with Crippen LogP contribution in [0.25, 0.3) is 0 Å². The minimum absolute atomic E-state index is 0.195. The second kappa shape index (κ2) is 8.29. The third kappa shape index (κ3) is 4.18. The highest BCUT2D eigenvalue weighted by Crippen LogP contribution is 2.28. The Morgan fingerprint density at radius 1 is 1.18 bits per heavy atom. The van der Waals surface area contributed by atoms with Gasteiger partial charge in [0.1, 0.15) is 10.8 Å². The molecule has 28 heavy (non-hydrogen) atoms. The molecule has 3 N–H and O–H groups in total. The van der Waals surface area contributed by atoms with Gasteiger partial charge in [-0.15, -0.1) is 11.3 Å². The van der Waals surface area contributed by atoms with Gasteiger partial charge in [0.25, 0.3) is 5.91 Å². The second-order valence-electron chi connectivity index (χ2n) is 6.37. The van der Waals surface area contributed by atoms with Crippen molar-refractivity contribution in [2.45, 2.75) is 17.7 Å². The van der Waals surface area contributed by atoms with Crippen molar-refractivity contribution in [3.63, 3.8) is 0 Å². The summed E-state index contributed by atoms with van der Waals surface area (Å²) in [5.74, 6) is -0.577. The predicted molar refractivity (Wildman–Crippen MR) is 106 cm³/mol.